The zero-order valence-corrected chi connectivity index (χ0v) is 12.8. The highest BCUT2D eigenvalue weighted by Crippen LogP contribution is 2.20. The van der Waals surface area contributed by atoms with Crippen molar-refractivity contribution >= 4 is 28.0 Å². The molecule has 6 heteroatoms. The molecule has 1 aliphatic rings. The number of carbonyl (C=O) groups excluding carboxylic acids is 1. The van der Waals surface area contributed by atoms with Gasteiger partial charge in [-0.1, -0.05) is 6.07 Å². The predicted octanol–water partition coefficient (Wildman–Crippen LogP) is 1.85. The smallest absolute Gasteiger partial charge is 0.233 e. The van der Waals surface area contributed by atoms with Crippen LogP contribution in [0.3, 0.4) is 0 Å². The van der Waals surface area contributed by atoms with Crippen molar-refractivity contribution in [1.29, 1.82) is 0 Å². The topological polar surface area (TPSA) is 55.4 Å². The van der Waals surface area contributed by atoms with Crippen LogP contribution in [0.1, 0.15) is 31.2 Å². The van der Waals surface area contributed by atoms with Crippen LogP contribution in [-0.2, 0) is 20.3 Å². The third kappa shape index (κ3) is 3.87. The highest BCUT2D eigenvalue weighted by atomic mass is 32.2. The van der Waals surface area contributed by atoms with Gasteiger partial charge < -0.3 is 10.1 Å². The van der Waals surface area contributed by atoms with Crippen LogP contribution in [0.4, 0.5) is 0 Å². The monoisotopic (exact) mass is 301 g/mol. The molecule has 4 unspecified atom stereocenters. The molecular formula is C13H19NO3S2. The summed E-state index contributed by atoms with van der Waals surface area (Å²) >= 11 is 1.61. The van der Waals surface area contributed by atoms with Gasteiger partial charge in [0, 0.05) is 22.3 Å². The van der Waals surface area contributed by atoms with Crippen LogP contribution in [0.15, 0.2) is 17.5 Å². The fourth-order valence-electron chi connectivity index (χ4n) is 2.19. The Morgan fingerprint density at radius 2 is 2.47 bits per heavy atom. The van der Waals surface area contributed by atoms with E-state index in [-0.39, 0.29) is 29.1 Å². The van der Waals surface area contributed by atoms with E-state index in [0.29, 0.717) is 6.61 Å². The van der Waals surface area contributed by atoms with Gasteiger partial charge in [-0.3, -0.25) is 9.00 Å². The van der Waals surface area contributed by atoms with Crippen molar-refractivity contribution in [3.63, 3.8) is 0 Å². The Morgan fingerprint density at radius 3 is 3.05 bits per heavy atom. The fourth-order valence-corrected chi connectivity index (χ4v) is 4.34. The second-order valence-electron chi connectivity index (χ2n) is 4.73. The van der Waals surface area contributed by atoms with Crippen LogP contribution in [0, 0.1) is 0 Å². The van der Waals surface area contributed by atoms with E-state index in [1.165, 1.54) is 0 Å². The predicted molar refractivity (Wildman–Crippen MR) is 77.7 cm³/mol. The first-order chi connectivity index (χ1) is 9.08. The highest BCUT2D eigenvalue weighted by molar-refractivity contribution is 7.86. The van der Waals surface area contributed by atoms with E-state index in [0.717, 1.165) is 11.3 Å². The molecule has 1 aromatic heterocycles. The third-order valence-electron chi connectivity index (χ3n) is 3.27. The zero-order chi connectivity index (χ0) is 13.8. The average molecular weight is 301 g/mol. The van der Waals surface area contributed by atoms with Crippen molar-refractivity contribution in [2.24, 2.45) is 0 Å². The quantitative estimate of drug-likeness (QED) is 0.903. The SMILES string of the molecule is CC(NC(=O)CS(=O)C1CCOC1C)c1cccs1. The van der Waals surface area contributed by atoms with Crippen LogP contribution in [0.5, 0.6) is 0 Å². The molecule has 1 aliphatic heterocycles. The molecule has 0 spiro atoms. The molecule has 0 saturated carbocycles. The minimum absolute atomic E-state index is 0.0108. The normalized spacial score (nSPS) is 26.0. The lowest BCUT2D eigenvalue weighted by Crippen LogP contribution is -2.35. The van der Waals surface area contributed by atoms with Crippen LogP contribution in [0.2, 0.25) is 0 Å². The second-order valence-corrected chi connectivity index (χ2v) is 7.37. The van der Waals surface area contributed by atoms with Crippen LogP contribution >= 0.6 is 11.3 Å². The lowest BCUT2D eigenvalue weighted by molar-refractivity contribution is -0.119. The summed E-state index contributed by atoms with van der Waals surface area (Å²) < 4.78 is 17.5. The number of ether oxygens (including phenoxy) is 1. The number of rotatable bonds is 5. The number of thiophene rings is 1. The van der Waals surface area contributed by atoms with Gasteiger partial charge in [0.05, 0.1) is 17.4 Å². The van der Waals surface area contributed by atoms with E-state index in [9.17, 15) is 9.00 Å². The Labute approximate surface area is 120 Å². The summed E-state index contributed by atoms with van der Waals surface area (Å²) in [5.41, 5.74) is 0. The average Bonchev–Trinajstić information content (AvgIpc) is 2.98. The number of hydrogen-bond donors (Lipinski definition) is 1. The number of hydrogen-bond acceptors (Lipinski definition) is 4. The Kier molecular flexibility index (Phi) is 5.13. The van der Waals surface area contributed by atoms with Gasteiger partial charge in [-0.05, 0) is 31.7 Å². The van der Waals surface area contributed by atoms with Gasteiger partial charge in [0.25, 0.3) is 0 Å². The second kappa shape index (κ2) is 6.63. The zero-order valence-electron chi connectivity index (χ0n) is 11.1. The summed E-state index contributed by atoms with van der Waals surface area (Å²) in [7, 11) is -1.15. The molecule has 2 heterocycles. The van der Waals surface area contributed by atoms with Crippen molar-refractivity contribution in [2.75, 3.05) is 12.4 Å². The van der Waals surface area contributed by atoms with Gasteiger partial charge in [0.15, 0.2) is 0 Å². The molecule has 0 bridgehead atoms. The number of amides is 1. The molecule has 1 N–H and O–H groups in total. The minimum atomic E-state index is -1.15. The minimum Gasteiger partial charge on any atom is -0.377 e. The molecule has 1 aromatic rings. The van der Waals surface area contributed by atoms with Gasteiger partial charge in [-0.2, -0.15) is 0 Å². The highest BCUT2D eigenvalue weighted by Gasteiger charge is 2.30. The summed E-state index contributed by atoms with van der Waals surface area (Å²) in [6.45, 7) is 4.50. The van der Waals surface area contributed by atoms with Gasteiger partial charge >= 0.3 is 0 Å². The van der Waals surface area contributed by atoms with Crippen molar-refractivity contribution < 1.29 is 13.7 Å². The molecular weight excluding hydrogens is 282 g/mol. The van der Waals surface area contributed by atoms with E-state index < -0.39 is 10.8 Å². The number of nitrogens with one attached hydrogen (secondary N) is 1. The maximum absolute atomic E-state index is 12.1. The van der Waals surface area contributed by atoms with Crippen LogP contribution in [-0.4, -0.2) is 33.8 Å². The van der Waals surface area contributed by atoms with Crippen molar-refractivity contribution in [3.8, 4) is 0 Å². The van der Waals surface area contributed by atoms with Crippen molar-refractivity contribution in [3.05, 3.63) is 22.4 Å². The number of carbonyl (C=O) groups is 1. The molecule has 106 valence electrons. The van der Waals surface area contributed by atoms with E-state index in [1.54, 1.807) is 11.3 Å². The third-order valence-corrected chi connectivity index (χ3v) is 6.16. The van der Waals surface area contributed by atoms with E-state index in [4.69, 9.17) is 4.74 Å². The summed E-state index contributed by atoms with van der Waals surface area (Å²) in [4.78, 5) is 13.0. The van der Waals surface area contributed by atoms with Gasteiger partial charge in [-0.15, -0.1) is 11.3 Å². The molecule has 4 atom stereocenters. The summed E-state index contributed by atoms with van der Waals surface area (Å²) in [6.07, 6.45) is 0.769. The largest absolute Gasteiger partial charge is 0.377 e. The molecule has 1 saturated heterocycles. The molecule has 0 aliphatic carbocycles. The van der Waals surface area contributed by atoms with Gasteiger partial charge in [-0.25, -0.2) is 0 Å². The molecule has 1 fully saturated rings. The standard InChI is InChI=1S/C13H19NO3S2/c1-9(11-4-3-7-18-11)14-13(15)8-19(16)12-5-6-17-10(12)2/h3-4,7,9-10,12H,5-6,8H2,1-2H3,(H,14,15). The summed E-state index contributed by atoms with van der Waals surface area (Å²) in [6, 6.07) is 3.92. The van der Waals surface area contributed by atoms with Gasteiger partial charge in [0.1, 0.15) is 5.75 Å². The molecule has 4 nitrogen and oxygen atoms in total. The van der Waals surface area contributed by atoms with Crippen molar-refractivity contribution in [2.45, 2.75) is 37.7 Å². The van der Waals surface area contributed by atoms with Crippen LogP contribution < -0.4 is 5.32 Å². The summed E-state index contributed by atoms with van der Waals surface area (Å²) in [5.74, 6) is -0.0907. The lowest BCUT2D eigenvalue weighted by Gasteiger charge is -2.15. The van der Waals surface area contributed by atoms with Crippen molar-refractivity contribution in [1.82, 2.24) is 5.32 Å². The molecule has 0 radical (unpaired) electrons. The first kappa shape index (κ1) is 14.7. The Hall–Kier alpha value is -0.720. The maximum Gasteiger partial charge on any atom is 0.233 e. The molecule has 0 aromatic carbocycles. The lowest BCUT2D eigenvalue weighted by atomic mass is 10.3. The Morgan fingerprint density at radius 1 is 1.68 bits per heavy atom. The van der Waals surface area contributed by atoms with E-state index >= 15 is 0 Å². The molecule has 19 heavy (non-hydrogen) atoms. The first-order valence-corrected chi connectivity index (χ1v) is 8.65. The maximum atomic E-state index is 12.1. The molecule has 1 amide bonds. The van der Waals surface area contributed by atoms with E-state index in [2.05, 4.69) is 5.32 Å². The van der Waals surface area contributed by atoms with Gasteiger partial charge in [0.2, 0.25) is 5.91 Å². The fraction of sp³-hybridized carbons (Fsp3) is 0.615. The summed E-state index contributed by atoms with van der Waals surface area (Å²) in [5, 5.41) is 4.86. The first-order valence-electron chi connectivity index (χ1n) is 6.39. The van der Waals surface area contributed by atoms with E-state index in [1.807, 2.05) is 31.4 Å². The molecule has 2 rings (SSSR count). The Balaban J connectivity index is 1.82. The Bertz CT molecular complexity index is 447. The van der Waals surface area contributed by atoms with Crippen LogP contribution in [0.25, 0.3) is 0 Å².